The molecule has 1 aromatic rings. The van der Waals surface area contributed by atoms with Crippen molar-refractivity contribution >= 4 is 0 Å². The first-order valence-corrected chi connectivity index (χ1v) is 5.96. The van der Waals surface area contributed by atoms with Gasteiger partial charge < -0.3 is 0 Å². The van der Waals surface area contributed by atoms with E-state index < -0.39 is 6.10 Å². The average molecular weight is 205 g/mol. The van der Waals surface area contributed by atoms with E-state index in [1.165, 1.54) is 11.1 Å². The maximum atomic E-state index is 11.5. The Kier molecular flexibility index (Phi) is 4.83. The summed E-state index contributed by atoms with van der Waals surface area (Å²) in [6.07, 6.45) is 3.82. The van der Waals surface area contributed by atoms with Crippen LogP contribution in [0.3, 0.4) is 0 Å². The van der Waals surface area contributed by atoms with Gasteiger partial charge in [0, 0.05) is 0 Å². The Morgan fingerprint density at radius 3 is 2.33 bits per heavy atom. The molecule has 1 rings (SSSR count). The third kappa shape index (κ3) is 3.35. The summed E-state index contributed by atoms with van der Waals surface area (Å²) in [6.45, 7) is 6.07. The lowest BCUT2D eigenvalue weighted by molar-refractivity contribution is 0.105. The lowest BCUT2D eigenvalue weighted by Gasteiger charge is -2.12. The van der Waals surface area contributed by atoms with Crippen LogP contribution in [0, 0.1) is 0 Å². The van der Waals surface area contributed by atoms with Crippen molar-refractivity contribution in [1.29, 1.82) is 0 Å². The fourth-order valence-electron chi connectivity index (χ4n) is 1.99. The Morgan fingerprint density at radius 2 is 1.80 bits per heavy atom. The molecule has 1 aromatic carbocycles. The smallest absolute Gasteiger partial charge is 0.115 e. The number of aryl methyl sites for hydroxylation is 2. The van der Waals surface area contributed by atoms with Crippen molar-refractivity contribution in [2.24, 2.45) is 0 Å². The first-order valence-electron chi connectivity index (χ1n) is 5.96. The van der Waals surface area contributed by atoms with Gasteiger partial charge in [-0.1, -0.05) is 44.9 Å². The average Bonchev–Trinajstić information content (AvgIpc) is 2.18. The molecule has 83 valence electrons. The molecule has 0 aliphatic rings. The van der Waals surface area contributed by atoms with Crippen molar-refractivity contribution in [3.63, 3.8) is 0 Å². The van der Waals surface area contributed by atoms with Crippen LogP contribution in [0.5, 0.6) is 0 Å². The van der Waals surface area contributed by atoms with Crippen LogP contribution in [0.4, 0.5) is 0 Å². The molecule has 0 saturated carbocycles. The van der Waals surface area contributed by atoms with Crippen molar-refractivity contribution in [1.82, 2.24) is 0 Å². The number of hydrogen-bond donors (Lipinski definition) is 0. The van der Waals surface area contributed by atoms with Crippen LogP contribution < -0.4 is 0 Å². The molecule has 0 bridgehead atoms. The molecule has 1 heteroatoms. The molecule has 0 aromatic heterocycles. The standard InChI is InChI=1S/C14H21O/c1-4-6-12-8-9-14(11(3)15)13(10-12)7-5-2/h8-11H,4-7H2,1-3H3. The molecule has 0 fully saturated rings. The van der Waals surface area contributed by atoms with E-state index in [1.54, 1.807) is 6.92 Å². The lowest BCUT2D eigenvalue weighted by Crippen LogP contribution is -1.99. The molecule has 0 N–H and O–H groups in total. The summed E-state index contributed by atoms with van der Waals surface area (Å²) in [6, 6.07) is 6.34. The van der Waals surface area contributed by atoms with Gasteiger partial charge >= 0.3 is 0 Å². The molecule has 1 radical (unpaired) electrons. The van der Waals surface area contributed by atoms with Gasteiger partial charge in [0.2, 0.25) is 0 Å². The Balaban J connectivity index is 2.97. The van der Waals surface area contributed by atoms with E-state index in [1.807, 2.05) is 6.07 Å². The van der Waals surface area contributed by atoms with Crippen LogP contribution in [0.1, 0.15) is 56.4 Å². The minimum Gasteiger partial charge on any atom is -0.228 e. The molecular weight excluding hydrogens is 184 g/mol. The zero-order valence-electron chi connectivity index (χ0n) is 10.0. The second kappa shape index (κ2) is 5.92. The summed E-state index contributed by atoms with van der Waals surface area (Å²) in [5.41, 5.74) is 3.60. The summed E-state index contributed by atoms with van der Waals surface area (Å²) < 4.78 is 0. The third-order valence-electron chi connectivity index (χ3n) is 2.70. The van der Waals surface area contributed by atoms with Crippen LogP contribution in [0.15, 0.2) is 18.2 Å². The van der Waals surface area contributed by atoms with Gasteiger partial charge in [-0.3, -0.25) is 0 Å². The summed E-state index contributed by atoms with van der Waals surface area (Å²) in [5, 5.41) is 11.5. The molecule has 15 heavy (non-hydrogen) atoms. The maximum Gasteiger partial charge on any atom is 0.115 e. The van der Waals surface area contributed by atoms with Crippen molar-refractivity contribution < 1.29 is 5.11 Å². The van der Waals surface area contributed by atoms with Gasteiger partial charge in [-0.15, -0.1) is 0 Å². The zero-order valence-corrected chi connectivity index (χ0v) is 10.0. The number of hydrogen-bond acceptors (Lipinski definition) is 0. The van der Waals surface area contributed by atoms with Gasteiger partial charge in [0.15, 0.2) is 0 Å². The molecule has 0 heterocycles. The lowest BCUT2D eigenvalue weighted by atomic mass is 9.96. The van der Waals surface area contributed by atoms with Crippen molar-refractivity contribution in [3.8, 4) is 0 Å². The minimum absolute atomic E-state index is 0.595. The van der Waals surface area contributed by atoms with Crippen LogP contribution in [0.25, 0.3) is 0 Å². The molecule has 0 amide bonds. The number of rotatable bonds is 5. The highest BCUT2D eigenvalue weighted by atomic mass is 16.3. The molecule has 1 unspecified atom stereocenters. The van der Waals surface area contributed by atoms with E-state index in [-0.39, 0.29) is 0 Å². The molecule has 1 nitrogen and oxygen atoms in total. The van der Waals surface area contributed by atoms with E-state index in [0.29, 0.717) is 0 Å². The Labute approximate surface area is 93.1 Å². The highest BCUT2D eigenvalue weighted by Gasteiger charge is 2.09. The van der Waals surface area contributed by atoms with Crippen LogP contribution in [0.2, 0.25) is 0 Å². The minimum atomic E-state index is -0.595. The SMILES string of the molecule is CCCc1ccc(C(C)[O])c(CCC)c1. The van der Waals surface area contributed by atoms with Gasteiger partial charge in [-0.05, 0) is 36.5 Å². The molecule has 0 aliphatic carbocycles. The van der Waals surface area contributed by atoms with E-state index in [0.717, 1.165) is 31.2 Å². The highest BCUT2D eigenvalue weighted by molar-refractivity contribution is 5.33. The predicted octanol–water partition coefficient (Wildman–Crippen LogP) is 4.08. The van der Waals surface area contributed by atoms with Gasteiger partial charge in [-0.25, -0.2) is 5.11 Å². The molecule has 1 atom stereocenters. The quantitative estimate of drug-likeness (QED) is 0.690. The Hall–Kier alpha value is -0.820. The van der Waals surface area contributed by atoms with E-state index in [4.69, 9.17) is 0 Å². The van der Waals surface area contributed by atoms with Crippen LogP contribution in [-0.2, 0) is 17.9 Å². The summed E-state index contributed by atoms with van der Waals surface area (Å²) in [4.78, 5) is 0. The number of benzene rings is 1. The molecule has 0 aliphatic heterocycles. The van der Waals surface area contributed by atoms with Crippen LogP contribution >= 0.6 is 0 Å². The van der Waals surface area contributed by atoms with Crippen molar-refractivity contribution in [3.05, 3.63) is 34.9 Å². The van der Waals surface area contributed by atoms with Crippen molar-refractivity contribution in [2.75, 3.05) is 0 Å². The first kappa shape index (κ1) is 12.3. The maximum absolute atomic E-state index is 11.5. The second-order valence-electron chi connectivity index (χ2n) is 4.18. The molecule has 0 spiro atoms. The molecule has 0 saturated heterocycles. The van der Waals surface area contributed by atoms with Gasteiger partial charge in [0.25, 0.3) is 0 Å². The third-order valence-corrected chi connectivity index (χ3v) is 2.70. The normalized spacial score (nSPS) is 12.8. The van der Waals surface area contributed by atoms with E-state index in [2.05, 4.69) is 26.0 Å². The largest absolute Gasteiger partial charge is 0.228 e. The van der Waals surface area contributed by atoms with Crippen molar-refractivity contribution in [2.45, 2.75) is 52.6 Å². The van der Waals surface area contributed by atoms with Crippen LogP contribution in [-0.4, -0.2) is 0 Å². The second-order valence-corrected chi connectivity index (χ2v) is 4.18. The molecular formula is C14H21O. The summed E-state index contributed by atoms with van der Waals surface area (Å²) in [5.74, 6) is 0. The first-order chi connectivity index (χ1) is 7.19. The fraction of sp³-hybridized carbons (Fsp3) is 0.571. The topological polar surface area (TPSA) is 19.9 Å². The predicted molar refractivity (Wildman–Crippen MR) is 63.5 cm³/mol. The van der Waals surface area contributed by atoms with Gasteiger partial charge in [-0.2, -0.15) is 0 Å². The highest BCUT2D eigenvalue weighted by Crippen LogP contribution is 2.21. The zero-order chi connectivity index (χ0) is 11.3. The Morgan fingerprint density at radius 1 is 1.13 bits per heavy atom. The summed E-state index contributed by atoms with van der Waals surface area (Å²) in [7, 11) is 0. The fourth-order valence-corrected chi connectivity index (χ4v) is 1.99. The van der Waals surface area contributed by atoms with E-state index in [9.17, 15) is 5.11 Å². The van der Waals surface area contributed by atoms with Gasteiger partial charge in [0.05, 0.1) is 0 Å². The van der Waals surface area contributed by atoms with E-state index >= 15 is 0 Å². The Bertz CT molecular complexity index is 302. The van der Waals surface area contributed by atoms with Gasteiger partial charge in [0.1, 0.15) is 6.10 Å². The monoisotopic (exact) mass is 205 g/mol. The summed E-state index contributed by atoms with van der Waals surface area (Å²) >= 11 is 0.